The normalized spacial score (nSPS) is 43.8. The highest BCUT2D eigenvalue weighted by molar-refractivity contribution is 6.74. The van der Waals surface area contributed by atoms with Gasteiger partial charge in [0.05, 0.1) is 6.10 Å². The van der Waals surface area contributed by atoms with Gasteiger partial charge < -0.3 is 4.43 Å². The van der Waals surface area contributed by atoms with Crippen molar-refractivity contribution in [2.45, 2.75) is 110 Å². The highest BCUT2D eigenvalue weighted by Crippen LogP contribution is 2.66. The van der Waals surface area contributed by atoms with Crippen LogP contribution in [0, 0.1) is 28.6 Å². The monoisotopic (exact) mass is 405 g/mol. The standard InChI is InChI=1S/C25H42O2Si/c1-23(2,3)28(6,7)27-22-11-10-20-19-9-8-17-16-18(26)12-14-24(17,4)21(19)13-15-25(20,22)5/h16,19-22H,8-15H2,1-7H3/t19-,20-,21-,22-,24-,25-/m0/s1/i12+1,16+1,18+1. The van der Waals surface area contributed by atoms with Crippen LogP contribution in [0.15, 0.2) is 11.6 Å². The first-order valence-corrected chi connectivity index (χ1v) is 14.7. The fourth-order valence-electron chi connectivity index (χ4n) is 7.24. The number of hydrogen-bond donors (Lipinski definition) is 0. The van der Waals surface area contributed by atoms with Crippen LogP contribution in [0.2, 0.25) is 18.1 Å². The molecule has 0 N–H and O–H groups in total. The lowest BCUT2D eigenvalue weighted by atomic mass is 9.49. The van der Waals surface area contributed by atoms with Crippen LogP contribution in [-0.4, -0.2) is 20.2 Å². The molecule has 3 heteroatoms. The number of ketones is 1. The number of fused-ring (bicyclic) bond motifs is 5. The van der Waals surface area contributed by atoms with Gasteiger partial charge in [-0.05, 0) is 97.7 Å². The van der Waals surface area contributed by atoms with E-state index >= 15 is 0 Å². The van der Waals surface area contributed by atoms with Gasteiger partial charge in [0.2, 0.25) is 0 Å². The number of allylic oxidation sites excluding steroid dienone is 1. The van der Waals surface area contributed by atoms with Gasteiger partial charge in [-0.1, -0.05) is 40.2 Å². The number of rotatable bonds is 2. The zero-order valence-corrected chi connectivity index (χ0v) is 20.4. The molecule has 0 aliphatic heterocycles. The molecule has 0 bridgehead atoms. The van der Waals surface area contributed by atoms with Gasteiger partial charge >= 0.3 is 0 Å². The first-order valence-electron chi connectivity index (χ1n) is 11.8. The molecule has 0 aromatic heterocycles. The lowest BCUT2D eigenvalue weighted by Gasteiger charge is -2.58. The second-order valence-corrected chi connectivity index (χ2v) is 17.2. The second-order valence-electron chi connectivity index (χ2n) is 12.5. The minimum atomic E-state index is -1.73. The van der Waals surface area contributed by atoms with E-state index in [2.05, 4.69) is 47.7 Å². The molecule has 0 aromatic carbocycles. The van der Waals surface area contributed by atoms with Crippen LogP contribution < -0.4 is 0 Å². The van der Waals surface area contributed by atoms with Crippen LogP contribution in [0.4, 0.5) is 0 Å². The summed E-state index contributed by atoms with van der Waals surface area (Å²) >= 11 is 0. The van der Waals surface area contributed by atoms with Crippen LogP contribution in [0.5, 0.6) is 0 Å². The van der Waals surface area contributed by atoms with Gasteiger partial charge in [0, 0.05) is 6.42 Å². The molecule has 3 saturated carbocycles. The maximum absolute atomic E-state index is 12.0. The van der Waals surface area contributed by atoms with Gasteiger partial charge in [-0.25, -0.2) is 0 Å². The molecule has 0 radical (unpaired) electrons. The third-order valence-electron chi connectivity index (χ3n) is 10.1. The van der Waals surface area contributed by atoms with Crippen molar-refractivity contribution in [2.24, 2.45) is 28.6 Å². The smallest absolute Gasteiger partial charge is 0.192 e. The third kappa shape index (κ3) is 3.02. The van der Waals surface area contributed by atoms with Crippen molar-refractivity contribution < 1.29 is 9.22 Å². The Morgan fingerprint density at radius 2 is 1.71 bits per heavy atom. The van der Waals surface area contributed by atoms with E-state index in [1.54, 1.807) is 0 Å². The highest BCUT2D eigenvalue weighted by atomic mass is 28.4. The van der Waals surface area contributed by atoms with Crippen molar-refractivity contribution in [1.29, 1.82) is 0 Å². The molecule has 4 aliphatic carbocycles. The van der Waals surface area contributed by atoms with Crippen molar-refractivity contribution in [2.75, 3.05) is 0 Å². The van der Waals surface area contributed by atoms with Gasteiger partial charge in [-0.3, -0.25) is 4.79 Å². The molecule has 3 fully saturated rings. The molecular formula is C25H42O2Si. The SMILES string of the molecule is CC(C)(C)[Si](C)(C)O[C@H]1CC[C@H]2[C@@H]3CCC4=[13CH][13C](=O)[13CH2]C[C@]4(C)[C@H]3CC[C@]12C. The predicted octanol–water partition coefficient (Wildman–Crippen LogP) is 6.91. The third-order valence-corrected chi connectivity index (χ3v) is 14.6. The van der Waals surface area contributed by atoms with Crippen molar-refractivity contribution >= 4 is 14.1 Å². The van der Waals surface area contributed by atoms with Gasteiger partial charge in [0.15, 0.2) is 14.1 Å². The average Bonchev–Trinajstić information content (AvgIpc) is 2.91. The van der Waals surface area contributed by atoms with Gasteiger partial charge in [-0.2, -0.15) is 0 Å². The molecule has 0 amide bonds. The molecule has 0 saturated heterocycles. The Kier molecular flexibility index (Phi) is 4.87. The van der Waals surface area contributed by atoms with Gasteiger partial charge in [0.1, 0.15) is 0 Å². The summed E-state index contributed by atoms with van der Waals surface area (Å²) in [7, 11) is -1.73. The Hall–Kier alpha value is -0.413. The summed E-state index contributed by atoms with van der Waals surface area (Å²) in [6, 6.07) is 0. The summed E-state index contributed by atoms with van der Waals surface area (Å²) < 4.78 is 7.04. The van der Waals surface area contributed by atoms with Crippen LogP contribution in [0.25, 0.3) is 0 Å². The quantitative estimate of drug-likeness (QED) is 0.368. The van der Waals surface area contributed by atoms with Gasteiger partial charge in [0.25, 0.3) is 0 Å². The van der Waals surface area contributed by atoms with Crippen LogP contribution in [-0.2, 0) is 9.22 Å². The Morgan fingerprint density at radius 1 is 1.00 bits per heavy atom. The molecule has 0 unspecified atom stereocenters. The summed E-state index contributed by atoms with van der Waals surface area (Å²) in [4.78, 5) is 12.0. The molecule has 0 heterocycles. The first kappa shape index (κ1) is 20.8. The number of hydrogen-bond acceptors (Lipinski definition) is 2. The Morgan fingerprint density at radius 3 is 2.39 bits per heavy atom. The predicted molar refractivity (Wildman–Crippen MR) is 119 cm³/mol. The summed E-state index contributed by atoms with van der Waals surface area (Å²) in [6.45, 7) is 17.0. The summed E-state index contributed by atoms with van der Waals surface area (Å²) in [5.74, 6) is 2.81. The minimum Gasteiger partial charge on any atom is -0.413 e. The van der Waals surface area contributed by atoms with E-state index in [9.17, 15) is 4.79 Å². The first-order chi connectivity index (χ1) is 12.9. The van der Waals surface area contributed by atoms with E-state index in [4.69, 9.17) is 4.43 Å². The molecule has 0 aromatic rings. The number of carbonyl (C=O) groups excluding carboxylic acids is 1. The lowest BCUT2D eigenvalue weighted by Crippen LogP contribution is -2.53. The van der Waals surface area contributed by atoms with E-state index in [1.807, 2.05) is 6.08 Å². The van der Waals surface area contributed by atoms with E-state index in [-0.39, 0.29) is 10.5 Å². The summed E-state index contributed by atoms with van der Waals surface area (Å²) in [5.41, 5.74) is 2.13. The lowest BCUT2D eigenvalue weighted by molar-refractivity contribution is -0.117. The zero-order chi connectivity index (χ0) is 20.5. The van der Waals surface area contributed by atoms with E-state index in [1.165, 1.54) is 37.7 Å². The van der Waals surface area contributed by atoms with Crippen molar-refractivity contribution in [3.8, 4) is 0 Å². The van der Waals surface area contributed by atoms with E-state index in [0.29, 0.717) is 17.3 Å². The van der Waals surface area contributed by atoms with Crippen LogP contribution in [0.1, 0.15) is 86.0 Å². The molecule has 4 rings (SSSR count). The van der Waals surface area contributed by atoms with Crippen molar-refractivity contribution in [3.05, 3.63) is 11.6 Å². The largest absolute Gasteiger partial charge is 0.413 e. The molecular weight excluding hydrogens is 363 g/mol. The summed E-state index contributed by atoms with van der Waals surface area (Å²) in [6.07, 6.45) is 12.1. The van der Waals surface area contributed by atoms with Crippen molar-refractivity contribution in [1.82, 2.24) is 0 Å². The minimum absolute atomic E-state index is 0.283. The number of carbonyl (C=O) groups is 1. The Balaban J connectivity index is 1.57. The fourth-order valence-corrected chi connectivity index (χ4v) is 8.69. The van der Waals surface area contributed by atoms with Gasteiger partial charge in [-0.15, -0.1) is 0 Å². The molecule has 6 atom stereocenters. The average molecular weight is 406 g/mol. The Labute approximate surface area is 174 Å². The second kappa shape index (κ2) is 6.54. The molecule has 28 heavy (non-hydrogen) atoms. The molecule has 158 valence electrons. The van der Waals surface area contributed by atoms with Crippen LogP contribution >= 0.6 is 0 Å². The highest BCUT2D eigenvalue weighted by Gasteiger charge is 2.60. The maximum atomic E-state index is 12.0. The van der Waals surface area contributed by atoms with Crippen molar-refractivity contribution in [3.63, 3.8) is 0 Å². The molecule has 0 spiro atoms. The fraction of sp³-hybridized carbons (Fsp3) is 0.880. The Bertz CT molecular complexity index is 687. The maximum Gasteiger partial charge on any atom is 0.192 e. The van der Waals surface area contributed by atoms with E-state index in [0.717, 1.165) is 37.0 Å². The van der Waals surface area contributed by atoms with Crippen LogP contribution in [0.3, 0.4) is 0 Å². The topological polar surface area (TPSA) is 26.3 Å². The zero-order valence-electron chi connectivity index (χ0n) is 19.4. The van der Waals surface area contributed by atoms with E-state index < -0.39 is 8.32 Å². The molecule has 4 aliphatic rings. The molecule has 2 nitrogen and oxygen atoms in total. The summed E-state index contributed by atoms with van der Waals surface area (Å²) in [5, 5.41) is 0.283.